The van der Waals surface area contributed by atoms with Gasteiger partial charge in [-0.3, -0.25) is 4.79 Å². The molecule has 0 bridgehead atoms. The number of anilines is 1. The Hall–Kier alpha value is -1.57. The van der Waals surface area contributed by atoms with E-state index in [9.17, 15) is 4.79 Å². The summed E-state index contributed by atoms with van der Waals surface area (Å²) in [6, 6.07) is 7.61. The molecule has 74 valence electrons. The van der Waals surface area contributed by atoms with Crippen LogP contribution in [0, 0.1) is 0 Å². The molecule has 2 heteroatoms. The van der Waals surface area contributed by atoms with Crippen LogP contribution in [-0.4, -0.2) is 5.78 Å². The van der Waals surface area contributed by atoms with Gasteiger partial charge in [0.05, 0.1) is 0 Å². The van der Waals surface area contributed by atoms with Crippen molar-refractivity contribution >= 4 is 11.5 Å². The Morgan fingerprint density at radius 2 is 2.07 bits per heavy atom. The molecule has 1 rings (SSSR count). The zero-order valence-electron chi connectivity index (χ0n) is 8.36. The van der Waals surface area contributed by atoms with Gasteiger partial charge in [-0.2, -0.15) is 0 Å². The second kappa shape index (κ2) is 4.61. The summed E-state index contributed by atoms with van der Waals surface area (Å²) in [4.78, 5) is 11.1. The minimum Gasteiger partial charge on any atom is -0.399 e. The fourth-order valence-electron chi connectivity index (χ4n) is 1.33. The summed E-state index contributed by atoms with van der Waals surface area (Å²) in [6.45, 7) is 5.47. The summed E-state index contributed by atoms with van der Waals surface area (Å²) >= 11 is 0. The maximum atomic E-state index is 11.1. The Kier molecular flexibility index (Phi) is 3.46. The highest BCUT2D eigenvalue weighted by Crippen LogP contribution is 2.20. The lowest BCUT2D eigenvalue weighted by Gasteiger charge is -2.09. The number of nitrogen functional groups attached to an aromatic ring is 1. The van der Waals surface area contributed by atoms with Crippen LogP contribution in [-0.2, 0) is 4.79 Å². The van der Waals surface area contributed by atoms with Gasteiger partial charge < -0.3 is 5.73 Å². The number of benzene rings is 1. The number of hydrogen-bond acceptors (Lipinski definition) is 2. The molecule has 2 N–H and O–H groups in total. The number of hydrogen-bond donors (Lipinski definition) is 1. The van der Waals surface area contributed by atoms with Gasteiger partial charge in [-0.05, 0) is 29.7 Å². The number of allylic oxidation sites excluding steroid dienone is 1. The van der Waals surface area contributed by atoms with E-state index in [-0.39, 0.29) is 11.7 Å². The normalized spacial score (nSPS) is 12.1. The molecule has 1 aromatic carbocycles. The fourth-order valence-corrected chi connectivity index (χ4v) is 1.33. The standard InChI is InChI=1S/C12H15NO/c1-3-12(14)8-9(2)10-4-6-11(13)7-5-10/h3-7,9H,1,8,13H2,2H3. The molecule has 0 aliphatic rings. The summed E-state index contributed by atoms with van der Waals surface area (Å²) in [5, 5.41) is 0. The van der Waals surface area contributed by atoms with E-state index in [4.69, 9.17) is 5.73 Å². The number of carbonyl (C=O) groups excluding carboxylic acids is 1. The Morgan fingerprint density at radius 3 is 2.57 bits per heavy atom. The molecule has 2 nitrogen and oxygen atoms in total. The molecule has 0 saturated carbocycles. The van der Waals surface area contributed by atoms with Crippen LogP contribution in [0.1, 0.15) is 24.8 Å². The second-order valence-corrected chi connectivity index (χ2v) is 3.44. The molecule has 1 aromatic rings. The molecule has 1 unspecified atom stereocenters. The van der Waals surface area contributed by atoms with Crippen molar-refractivity contribution in [3.05, 3.63) is 42.5 Å². The van der Waals surface area contributed by atoms with Crippen LogP contribution in [0.3, 0.4) is 0 Å². The minimum atomic E-state index is 0.0781. The largest absolute Gasteiger partial charge is 0.399 e. The quantitative estimate of drug-likeness (QED) is 0.584. The topological polar surface area (TPSA) is 43.1 Å². The van der Waals surface area contributed by atoms with Crippen LogP contribution in [0.15, 0.2) is 36.9 Å². The highest BCUT2D eigenvalue weighted by atomic mass is 16.1. The molecule has 1 atom stereocenters. The highest BCUT2D eigenvalue weighted by molar-refractivity contribution is 5.89. The number of carbonyl (C=O) groups is 1. The highest BCUT2D eigenvalue weighted by Gasteiger charge is 2.08. The molecule has 14 heavy (non-hydrogen) atoms. The van der Waals surface area contributed by atoms with Crippen molar-refractivity contribution < 1.29 is 4.79 Å². The van der Waals surface area contributed by atoms with Gasteiger partial charge in [0.2, 0.25) is 0 Å². The molecule has 0 spiro atoms. The van der Waals surface area contributed by atoms with Crippen molar-refractivity contribution in [1.29, 1.82) is 0 Å². The van der Waals surface area contributed by atoms with E-state index in [1.54, 1.807) is 0 Å². The zero-order chi connectivity index (χ0) is 10.6. The molecule has 0 saturated heterocycles. The third-order valence-corrected chi connectivity index (χ3v) is 2.24. The zero-order valence-corrected chi connectivity index (χ0v) is 8.36. The number of rotatable bonds is 4. The first-order valence-electron chi connectivity index (χ1n) is 4.64. The van der Waals surface area contributed by atoms with Crippen molar-refractivity contribution in [3.63, 3.8) is 0 Å². The lowest BCUT2D eigenvalue weighted by Crippen LogP contribution is -2.01. The Balaban J connectivity index is 2.69. The summed E-state index contributed by atoms with van der Waals surface area (Å²) in [7, 11) is 0. The summed E-state index contributed by atoms with van der Waals surface area (Å²) in [5.74, 6) is 0.301. The first-order valence-corrected chi connectivity index (χ1v) is 4.64. The maximum Gasteiger partial charge on any atom is 0.155 e. The van der Waals surface area contributed by atoms with E-state index in [1.807, 2.05) is 31.2 Å². The van der Waals surface area contributed by atoms with Crippen LogP contribution in [0.2, 0.25) is 0 Å². The summed E-state index contributed by atoms with van der Waals surface area (Å²) < 4.78 is 0. The van der Waals surface area contributed by atoms with E-state index in [1.165, 1.54) is 6.08 Å². The van der Waals surface area contributed by atoms with Crippen LogP contribution < -0.4 is 5.73 Å². The third-order valence-electron chi connectivity index (χ3n) is 2.24. The average molecular weight is 189 g/mol. The molecule has 0 aromatic heterocycles. The van der Waals surface area contributed by atoms with E-state index < -0.39 is 0 Å². The van der Waals surface area contributed by atoms with E-state index in [0.717, 1.165) is 11.3 Å². The second-order valence-electron chi connectivity index (χ2n) is 3.44. The monoisotopic (exact) mass is 189 g/mol. The van der Waals surface area contributed by atoms with Gasteiger partial charge in [0.15, 0.2) is 5.78 Å². The minimum absolute atomic E-state index is 0.0781. The Bertz CT molecular complexity index is 327. The molecule has 0 amide bonds. The number of ketones is 1. The smallest absolute Gasteiger partial charge is 0.155 e. The van der Waals surface area contributed by atoms with Gasteiger partial charge in [-0.25, -0.2) is 0 Å². The lowest BCUT2D eigenvalue weighted by atomic mass is 9.95. The Morgan fingerprint density at radius 1 is 1.50 bits per heavy atom. The van der Waals surface area contributed by atoms with Crippen molar-refractivity contribution in [2.24, 2.45) is 0 Å². The first kappa shape index (κ1) is 10.5. The summed E-state index contributed by atoms with van der Waals surface area (Å²) in [5.41, 5.74) is 7.45. The van der Waals surface area contributed by atoms with E-state index in [2.05, 4.69) is 6.58 Å². The van der Waals surface area contributed by atoms with Crippen molar-refractivity contribution in [1.82, 2.24) is 0 Å². The third kappa shape index (κ3) is 2.73. The van der Waals surface area contributed by atoms with Crippen LogP contribution >= 0.6 is 0 Å². The molecular formula is C12H15NO. The van der Waals surface area contributed by atoms with Crippen molar-refractivity contribution in [2.45, 2.75) is 19.3 Å². The first-order chi connectivity index (χ1) is 6.63. The average Bonchev–Trinajstić information content (AvgIpc) is 2.18. The van der Waals surface area contributed by atoms with Crippen molar-refractivity contribution in [3.8, 4) is 0 Å². The molecule has 0 radical (unpaired) electrons. The molecular weight excluding hydrogens is 174 g/mol. The SMILES string of the molecule is C=CC(=O)CC(C)c1ccc(N)cc1. The van der Waals surface area contributed by atoms with Crippen LogP contribution in [0.25, 0.3) is 0 Å². The lowest BCUT2D eigenvalue weighted by molar-refractivity contribution is -0.114. The van der Waals surface area contributed by atoms with Gasteiger partial charge in [0, 0.05) is 12.1 Å². The Labute approximate surface area is 84.4 Å². The van der Waals surface area contributed by atoms with Crippen molar-refractivity contribution in [2.75, 3.05) is 5.73 Å². The summed E-state index contributed by atoms with van der Waals surface area (Å²) in [6.07, 6.45) is 1.88. The van der Waals surface area contributed by atoms with Gasteiger partial charge in [-0.1, -0.05) is 25.6 Å². The van der Waals surface area contributed by atoms with E-state index in [0.29, 0.717) is 6.42 Å². The van der Waals surface area contributed by atoms with Crippen LogP contribution in [0.4, 0.5) is 5.69 Å². The molecule has 0 aliphatic heterocycles. The molecule has 0 aliphatic carbocycles. The van der Waals surface area contributed by atoms with Crippen LogP contribution in [0.5, 0.6) is 0 Å². The predicted molar refractivity (Wildman–Crippen MR) is 59.1 cm³/mol. The van der Waals surface area contributed by atoms with E-state index >= 15 is 0 Å². The van der Waals surface area contributed by atoms with Gasteiger partial charge in [0.25, 0.3) is 0 Å². The van der Waals surface area contributed by atoms with Gasteiger partial charge in [0.1, 0.15) is 0 Å². The molecule has 0 heterocycles. The molecule has 0 fully saturated rings. The van der Waals surface area contributed by atoms with Gasteiger partial charge in [-0.15, -0.1) is 0 Å². The van der Waals surface area contributed by atoms with Gasteiger partial charge >= 0.3 is 0 Å². The maximum absolute atomic E-state index is 11.1. The fraction of sp³-hybridized carbons (Fsp3) is 0.250. The predicted octanol–water partition coefficient (Wildman–Crippen LogP) is 2.52. The number of nitrogens with two attached hydrogens (primary N) is 1.